The second-order valence-corrected chi connectivity index (χ2v) is 8.14. The quantitative estimate of drug-likeness (QED) is 0.705. The van der Waals surface area contributed by atoms with Crippen molar-refractivity contribution < 1.29 is 4.79 Å². The molecule has 2 aliphatic rings. The molecule has 29 heavy (non-hydrogen) atoms. The van der Waals surface area contributed by atoms with Crippen LogP contribution in [0.4, 0.5) is 5.82 Å². The fraction of sp³-hybridized carbons (Fsp3) is 0.400. The number of nitrogens with two attached hydrogens (primary N) is 1. The minimum absolute atomic E-state index is 0.0683. The molecule has 150 valence electrons. The van der Waals surface area contributed by atoms with Crippen LogP contribution in [0.1, 0.15) is 19.8 Å². The van der Waals surface area contributed by atoms with Gasteiger partial charge in [0.05, 0.1) is 17.3 Å². The summed E-state index contributed by atoms with van der Waals surface area (Å²) in [5.41, 5.74) is 7.31. The highest BCUT2D eigenvalue weighted by Gasteiger charge is 2.44. The van der Waals surface area contributed by atoms with Crippen LogP contribution in [0, 0.1) is 0 Å². The molecule has 8 nitrogen and oxygen atoms in total. The summed E-state index contributed by atoms with van der Waals surface area (Å²) in [5.74, 6) is 1.06. The Bertz CT molecular complexity index is 1080. The zero-order valence-corrected chi connectivity index (χ0v) is 16.8. The minimum atomic E-state index is -0.315. The summed E-state index contributed by atoms with van der Waals surface area (Å²) >= 11 is 6.15. The summed E-state index contributed by atoms with van der Waals surface area (Å²) in [7, 11) is 0. The Balaban J connectivity index is 1.49. The van der Waals surface area contributed by atoms with Crippen molar-refractivity contribution in [2.45, 2.75) is 37.9 Å². The molecule has 2 N–H and O–H groups in total. The fourth-order valence-corrected chi connectivity index (χ4v) is 4.47. The van der Waals surface area contributed by atoms with Crippen LogP contribution < -0.4 is 10.6 Å². The van der Waals surface area contributed by atoms with Crippen LogP contribution >= 0.6 is 11.6 Å². The van der Waals surface area contributed by atoms with E-state index in [0.29, 0.717) is 16.9 Å². The lowest BCUT2D eigenvalue weighted by Crippen LogP contribution is -2.63. The number of piperazine rings is 1. The molecule has 2 fully saturated rings. The smallest absolute Gasteiger partial charge is 0.236 e. The number of fused-ring (bicyclic) bond motifs is 1. The van der Waals surface area contributed by atoms with Crippen molar-refractivity contribution in [2.75, 3.05) is 18.0 Å². The van der Waals surface area contributed by atoms with Gasteiger partial charge in [0, 0.05) is 31.5 Å². The predicted octanol–water partition coefficient (Wildman–Crippen LogP) is 1.97. The molecule has 1 saturated carbocycles. The fourth-order valence-electron chi connectivity index (χ4n) is 4.31. The highest BCUT2D eigenvalue weighted by atomic mass is 35.5. The summed E-state index contributed by atoms with van der Waals surface area (Å²) in [6, 6.07) is 5.63. The lowest BCUT2D eigenvalue weighted by molar-refractivity contribution is -0.124. The average Bonchev–Trinajstić information content (AvgIpc) is 3.47. The summed E-state index contributed by atoms with van der Waals surface area (Å²) in [4.78, 5) is 30.3. The number of hydrogen-bond acceptors (Lipinski definition) is 6. The molecule has 3 aromatic rings. The van der Waals surface area contributed by atoms with Gasteiger partial charge in [-0.05, 0) is 38.0 Å². The SMILES string of the molecule is C[C@H]1C(C(N)=O)N(C2CC2)CCN1c1ccnc(-c2cnc3ccc(Cl)cn23)n1. The molecule has 1 aliphatic heterocycles. The number of anilines is 1. The van der Waals surface area contributed by atoms with Crippen LogP contribution in [0.2, 0.25) is 5.02 Å². The van der Waals surface area contributed by atoms with Gasteiger partial charge in [-0.15, -0.1) is 0 Å². The number of carbonyl (C=O) groups excluding carboxylic acids is 1. The highest BCUT2D eigenvalue weighted by molar-refractivity contribution is 6.30. The van der Waals surface area contributed by atoms with E-state index < -0.39 is 0 Å². The van der Waals surface area contributed by atoms with E-state index in [1.165, 1.54) is 0 Å². The Morgan fingerprint density at radius 3 is 2.79 bits per heavy atom. The Morgan fingerprint density at radius 2 is 2.03 bits per heavy atom. The third-order valence-electron chi connectivity index (χ3n) is 5.85. The zero-order valence-electron chi connectivity index (χ0n) is 16.1. The number of primary amides is 1. The monoisotopic (exact) mass is 411 g/mol. The predicted molar refractivity (Wildman–Crippen MR) is 111 cm³/mol. The van der Waals surface area contributed by atoms with Crippen molar-refractivity contribution in [1.82, 2.24) is 24.3 Å². The van der Waals surface area contributed by atoms with E-state index in [0.717, 1.165) is 43.1 Å². The molecular formula is C20H22ClN7O. The molecule has 1 aliphatic carbocycles. The number of imidazole rings is 1. The zero-order chi connectivity index (χ0) is 20.1. The third kappa shape index (κ3) is 3.22. The van der Waals surface area contributed by atoms with Gasteiger partial charge in [0.15, 0.2) is 5.82 Å². The van der Waals surface area contributed by atoms with E-state index in [1.54, 1.807) is 24.7 Å². The number of carbonyl (C=O) groups is 1. The van der Waals surface area contributed by atoms with Crippen molar-refractivity contribution in [2.24, 2.45) is 5.73 Å². The maximum atomic E-state index is 12.2. The molecule has 0 aromatic carbocycles. The number of rotatable bonds is 4. The Kier molecular flexibility index (Phi) is 4.40. The lowest BCUT2D eigenvalue weighted by Gasteiger charge is -2.45. The van der Waals surface area contributed by atoms with Gasteiger partial charge in [0.2, 0.25) is 5.91 Å². The first-order valence-corrected chi connectivity index (χ1v) is 10.2. The van der Waals surface area contributed by atoms with Gasteiger partial charge in [0.25, 0.3) is 0 Å². The number of amides is 1. The molecule has 2 atom stereocenters. The Labute approximate surface area is 173 Å². The standard InChI is InChI=1S/C20H22ClN7O/c1-12-18(19(22)29)27(14-3-4-14)9-8-26(12)17-6-7-23-20(25-17)15-10-24-16-5-2-13(21)11-28(15)16/h2,5-7,10-12,14,18H,3-4,8-9H2,1H3,(H2,22,29)/t12-,18?/m0/s1. The summed E-state index contributed by atoms with van der Waals surface area (Å²) in [6.07, 6.45) is 7.57. The van der Waals surface area contributed by atoms with Gasteiger partial charge in [0.1, 0.15) is 23.2 Å². The van der Waals surface area contributed by atoms with Gasteiger partial charge >= 0.3 is 0 Å². The number of pyridine rings is 1. The van der Waals surface area contributed by atoms with Gasteiger partial charge in [-0.2, -0.15) is 0 Å². The first-order chi connectivity index (χ1) is 14.0. The molecular weight excluding hydrogens is 390 g/mol. The van der Waals surface area contributed by atoms with Crippen LogP contribution in [0.3, 0.4) is 0 Å². The van der Waals surface area contributed by atoms with E-state index >= 15 is 0 Å². The molecule has 0 radical (unpaired) electrons. The van der Waals surface area contributed by atoms with Crippen LogP contribution in [-0.2, 0) is 4.79 Å². The Hall–Kier alpha value is -2.71. The second kappa shape index (κ2) is 6.96. The van der Waals surface area contributed by atoms with Crippen molar-refractivity contribution in [3.05, 3.63) is 41.8 Å². The van der Waals surface area contributed by atoms with E-state index in [4.69, 9.17) is 22.3 Å². The normalized spacial score (nSPS) is 22.9. The van der Waals surface area contributed by atoms with E-state index in [1.807, 2.05) is 23.5 Å². The van der Waals surface area contributed by atoms with Crippen molar-refractivity contribution in [3.8, 4) is 11.5 Å². The lowest BCUT2D eigenvalue weighted by atomic mass is 10.0. The highest BCUT2D eigenvalue weighted by Crippen LogP contribution is 2.33. The first kappa shape index (κ1) is 18.3. The number of nitrogens with zero attached hydrogens (tertiary/aromatic N) is 6. The van der Waals surface area contributed by atoms with Crippen molar-refractivity contribution in [1.29, 1.82) is 0 Å². The van der Waals surface area contributed by atoms with Crippen LogP contribution in [0.25, 0.3) is 17.2 Å². The minimum Gasteiger partial charge on any atom is -0.368 e. The molecule has 1 saturated heterocycles. The molecule has 4 heterocycles. The van der Waals surface area contributed by atoms with Gasteiger partial charge in [-0.3, -0.25) is 14.1 Å². The maximum absolute atomic E-state index is 12.2. The van der Waals surface area contributed by atoms with Crippen molar-refractivity contribution in [3.63, 3.8) is 0 Å². The topological polar surface area (TPSA) is 92.7 Å². The molecule has 0 bridgehead atoms. The summed E-state index contributed by atoms with van der Waals surface area (Å²) in [5, 5.41) is 0.613. The average molecular weight is 412 g/mol. The molecule has 0 spiro atoms. The molecule has 1 amide bonds. The molecule has 1 unspecified atom stereocenters. The third-order valence-corrected chi connectivity index (χ3v) is 6.07. The van der Waals surface area contributed by atoms with Crippen LogP contribution in [0.15, 0.2) is 36.8 Å². The second-order valence-electron chi connectivity index (χ2n) is 7.71. The molecule has 5 rings (SSSR count). The molecule has 3 aromatic heterocycles. The number of aromatic nitrogens is 4. The Morgan fingerprint density at radius 1 is 1.21 bits per heavy atom. The van der Waals surface area contributed by atoms with Gasteiger partial charge < -0.3 is 10.6 Å². The summed E-state index contributed by atoms with van der Waals surface area (Å²) in [6.45, 7) is 3.63. The number of hydrogen-bond donors (Lipinski definition) is 1. The van der Waals surface area contributed by atoms with Gasteiger partial charge in [-0.25, -0.2) is 15.0 Å². The van der Waals surface area contributed by atoms with Crippen molar-refractivity contribution >= 4 is 29.0 Å². The molecule has 9 heteroatoms. The summed E-state index contributed by atoms with van der Waals surface area (Å²) < 4.78 is 1.88. The van der Waals surface area contributed by atoms with Crippen LogP contribution in [-0.4, -0.2) is 61.4 Å². The van der Waals surface area contributed by atoms with Gasteiger partial charge in [-0.1, -0.05) is 11.6 Å². The largest absolute Gasteiger partial charge is 0.368 e. The van der Waals surface area contributed by atoms with Crippen LogP contribution in [0.5, 0.6) is 0 Å². The van der Waals surface area contributed by atoms with E-state index in [2.05, 4.69) is 19.8 Å². The van der Waals surface area contributed by atoms with E-state index in [-0.39, 0.29) is 18.0 Å². The number of halogens is 1. The maximum Gasteiger partial charge on any atom is 0.236 e. The first-order valence-electron chi connectivity index (χ1n) is 9.80. The van der Waals surface area contributed by atoms with E-state index in [9.17, 15) is 4.79 Å².